The number of carbonyl (C=O) groups is 2. The fourth-order valence-corrected chi connectivity index (χ4v) is 3.84. The van der Waals surface area contributed by atoms with E-state index in [1.807, 2.05) is 58.8 Å². The maximum Gasteiger partial charge on any atom is 0.305 e. The van der Waals surface area contributed by atoms with E-state index in [9.17, 15) is 9.59 Å². The van der Waals surface area contributed by atoms with E-state index in [0.29, 0.717) is 0 Å². The van der Waals surface area contributed by atoms with E-state index in [0.717, 1.165) is 22.2 Å². The third kappa shape index (κ3) is 3.95. The van der Waals surface area contributed by atoms with Gasteiger partial charge in [-0.2, -0.15) is 11.3 Å². The van der Waals surface area contributed by atoms with Gasteiger partial charge in [-0.15, -0.1) is 0 Å². The van der Waals surface area contributed by atoms with Crippen LogP contribution in [0, 0.1) is 0 Å². The number of nitrogens with zero attached hydrogens (tertiary/aromatic N) is 1. The van der Waals surface area contributed by atoms with Gasteiger partial charge in [0.2, 0.25) is 5.91 Å². The predicted molar refractivity (Wildman–Crippen MR) is 102 cm³/mol. The summed E-state index contributed by atoms with van der Waals surface area (Å²) in [5.74, 6) is -1.22. The van der Waals surface area contributed by atoms with Crippen molar-refractivity contribution in [2.45, 2.75) is 24.9 Å². The number of carbonyl (C=O) groups excluding carboxylic acids is 1. The monoisotopic (exact) mass is 371 g/mol. The number of aromatic nitrogens is 1. The minimum Gasteiger partial charge on any atom is -0.481 e. The smallest absolute Gasteiger partial charge is 0.305 e. The number of rotatable bonds is 7. The van der Waals surface area contributed by atoms with Gasteiger partial charge in [0.25, 0.3) is 0 Å². The summed E-state index contributed by atoms with van der Waals surface area (Å²) in [5.41, 5.74) is 8.98. The molecule has 0 spiro atoms. The van der Waals surface area contributed by atoms with Gasteiger partial charge in [0.15, 0.2) is 0 Å². The Balaban J connectivity index is 1.71. The second-order valence-electron chi connectivity index (χ2n) is 6.27. The number of benzene rings is 1. The van der Waals surface area contributed by atoms with Crippen LogP contribution in [0.4, 0.5) is 0 Å². The normalized spacial score (nSPS) is 13.5. The van der Waals surface area contributed by atoms with Crippen molar-refractivity contribution in [3.63, 3.8) is 0 Å². The van der Waals surface area contributed by atoms with E-state index >= 15 is 0 Å². The molecule has 0 aliphatic rings. The van der Waals surface area contributed by atoms with Gasteiger partial charge < -0.3 is 20.7 Å². The molecule has 6 nitrogen and oxygen atoms in total. The van der Waals surface area contributed by atoms with Gasteiger partial charge in [0, 0.05) is 24.7 Å². The molecule has 2 atom stereocenters. The Morgan fingerprint density at radius 3 is 2.69 bits per heavy atom. The summed E-state index contributed by atoms with van der Waals surface area (Å²) in [6, 6.07) is 10.7. The summed E-state index contributed by atoms with van der Waals surface area (Å²) >= 11 is 1.46. The molecule has 1 amide bonds. The predicted octanol–water partition coefficient (Wildman–Crippen LogP) is 2.96. The maximum absolute atomic E-state index is 12.5. The molecule has 2 unspecified atom stereocenters. The number of hydrogen-bond acceptors (Lipinski definition) is 4. The lowest BCUT2D eigenvalue weighted by molar-refractivity contribution is -0.137. The number of thiophene rings is 1. The van der Waals surface area contributed by atoms with Crippen molar-refractivity contribution in [2.75, 3.05) is 0 Å². The Kier molecular flexibility index (Phi) is 5.39. The fourth-order valence-electron chi connectivity index (χ4n) is 3.12. The highest BCUT2D eigenvalue weighted by Gasteiger charge is 2.21. The Morgan fingerprint density at radius 2 is 2.04 bits per heavy atom. The first-order chi connectivity index (χ1) is 12.5. The molecule has 0 saturated carbocycles. The summed E-state index contributed by atoms with van der Waals surface area (Å²) in [7, 11) is 1.92. The number of amides is 1. The van der Waals surface area contributed by atoms with Crippen molar-refractivity contribution in [2.24, 2.45) is 12.8 Å². The summed E-state index contributed by atoms with van der Waals surface area (Å²) in [6.45, 7) is 0. The van der Waals surface area contributed by atoms with Crippen LogP contribution in [0.25, 0.3) is 10.9 Å². The third-order valence-corrected chi connectivity index (χ3v) is 5.13. The summed E-state index contributed by atoms with van der Waals surface area (Å²) in [5, 5.41) is 16.7. The highest BCUT2D eigenvalue weighted by Crippen LogP contribution is 2.25. The van der Waals surface area contributed by atoms with Crippen LogP contribution in [-0.4, -0.2) is 21.6 Å². The molecule has 0 aliphatic heterocycles. The lowest BCUT2D eigenvalue weighted by atomic mass is 10.1. The average molecular weight is 371 g/mol. The zero-order chi connectivity index (χ0) is 18.7. The molecular formula is C19H21N3O3S. The molecule has 2 heterocycles. The van der Waals surface area contributed by atoms with Crippen molar-refractivity contribution in [1.82, 2.24) is 9.88 Å². The average Bonchev–Trinajstić information content (AvgIpc) is 3.22. The lowest BCUT2D eigenvalue weighted by Crippen LogP contribution is -2.32. The number of nitrogens with one attached hydrogen (secondary N) is 1. The van der Waals surface area contributed by atoms with Crippen LogP contribution in [0.1, 0.15) is 36.2 Å². The first-order valence-corrected chi connectivity index (χ1v) is 9.23. The zero-order valence-corrected chi connectivity index (χ0v) is 15.2. The third-order valence-electron chi connectivity index (χ3n) is 4.43. The molecule has 0 aliphatic carbocycles. The Labute approximate surface area is 155 Å². The molecule has 7 heteroatoms. The van der Waals surface area contributed by atoms with E-state index in [2.05, 4.69) is 5.32 Å². The van der Waals surface area contributed by atoms with Crippen LogP contribution < -0.4 is 11.1 Å². The van der Waals surface area contributed by atoms with Crippen molar-refractivity contribution < 1.29 is 14.7 Å². The van der Waals surface area contributed by atoms with Gasteiger partial charge in [-0.25, -0.2) is 0 Å². The van der Waals surface area contributed by atoms with Crippen LogP contribution in [-0.2, 0) is 16.6 Å². The summed E-state index contributed by atoms with van der Waals surface area (Å²) in [6.07, 6.45) is -0.0732. The molecule has 4 N–H and O–H groups in total. The van der Waals surface area contributed by atoms with Crippen molar-refractivity contribution >= 4 is 34.1 Å². The largest absolute Gasteiger partial charge is 0.481 e. The van der Waals surface area contributed by atoms with Crippen LogP contribution in [0.3, 0.4) is 0 Å². The molecule has 2 aromatic heterocycles. The molecule has 136 valence electrons. The topological polar surface area (TPSA) is 97.4 Å². The first-order valence-electron chi connectivity index (χ1n) is 8.29. The van der Waals surface area contributed by atoms with Crippen LogP contribution in [0.2, 0.25) is 0 Å². The Hall–Kier alpha value is -2.64. The van der Waals surface area contributed by atoms with Crippen molar-refractivity contribution in [3.8, 4) is 0 Å². The minimum atomic E-state index is -0.959. The number of aryl methyl sites for hydroxylation is 1. The molecule has 0 radical (unpaired) electrons. The standard InChI is InChI=1S/C19H21N3O3S/c1-22-16-5-3-2-4-12(16)8-17(22)14(20)9-18(23)21-15(10-19(24)25)13-6-7-26-11-13/h2-8,11,14-15H,9-10,20H2,1H3,(H,21,23)(H,24,25). The molecule has 0 fully saturated rings. The second kappa shape index (κ2) is 7.72. The van der Waals surface area contributed by atoms with Crippen LogP contribution in [0.5, 0.6) is 0 Å². The van der Waals surface area contributed by atoms with Gasteiger partial charge in [0.1, 0.15) is 0 Å². The Morgan fingerprint density at radius 1 is 1.27 bits per heavy atom. The van der Waals surface area contributed by atoms with E-state index < -0.39 is 18.1 Å². The van der Waals surface area contributed by atoms with E-state index in [-0.39, 0.29) is 18.7 Å². The highest BCUT2D eigenvalue weighted by molar-refractivity contribution is 7.08. The quantitative estimate of drug-likeness (QED) is 0.595. The highest BCUT2D eigenvalue weighted by atomic mass is 32.1. The SMILES string of the molecule is Cn1c(C(N)CC(=O)NC(CC(=O)O)c2ccsc2)cc2ccccc21. The second-order valence-corrected chi connectivity index (χ2v) is 7.05. The lowest BCUT2D eigenvalue weighted by Gasteiger charge is -2.18. The molecule has 0 bridgehead atoms. The molecule has 3 aromatic rings. The minimum absolute atomic E-state index is 0.0877. The van der Waals surface area contributed by atoms with Crippen molar-refractivity contribution in [1.29, 1.82) is 0 Å². The molecule has 3 rings (SSSR count). The first kappa shape index (κ1) is 18.2. The number of fused-ring (bicyclic) bond motifs is 1. The number of nitrogens with two attached hydrogens (primary N) is 1. The maximum atomic E-state index is 12.5. The molecule has 26 heavy (non-hydrogen) atoms. The van der Waals surface area contributed by atoms with E-state index in [1.165, 1.54) is 11.3 Å². The number of hydrogen-bond donors (Lipinski definition) is 3. The van der Waals surface area contributed by atoms with E-state index in [4.69, 9.17) is 10.8 Å². The van der Waals surface area contributed by atoms with Crippen molar-refractivity contribution in [3.05, 3.63) is 58.4 Å². The van der Waals surface area contributed by atoms with Gasteiger partial charge in [0.05, 0.1) is 18.5 Å². The molecular weight excluding hydrogens is 350 g/mol. The number of carboxylic acids is 1. The summed E-state index contributed by atoms with van der Waals surface area (Å²) < 4.78 is 1.99. The van der Waals surface area contributed by atoms with Crippen LogP contribution >= 0.6 is 11.3 Å². The number of carboxylic acid groups (broad SMARTS) is 1. The summed E-state index contributed by atoms with van der Waals surface area (Å²) in [4.78, 5) is 23.5. The number of aliphatic carboxylic acids is 1. The van der Waals surface area contributed by atoms with Crippen LogP contribution in [0.15, 0.2) is 47.2 Å². The fraction of sp³-hybridized carbons (Fsp3) is 0.263. The number of para-hydroxylation sites is 1. The zero-order valence-electron chi connectivity index (χ0n) is 14.4. The van der Waals surface area contributed by atoms with Gasteiger partial charge in [-0.1, -0.05) is 18.2 Å². The van der Waals surface area contributed by atoms with Gasteiger partial charge in [-0.3, -0.25) is 9.59 Å². The molecule has 1 aromatic carbocycles. The van der Waals surface area contributed by atoms with Gasteiger partial charge in [-0.05, 0) is 39.9 Å². The molecule has 0 saturated heterocycles. The van der Waals surface area contributed by atoms with E-state index in [1.54, 1.807) is 0 Å². The van der Waals surface area contributed by atoms with Gasteiger partial charge >= 0.3 is 5.97 Å². The Bertz CT molecular complexity index is 917.